The molecule has 0 aliphatic carbocycles. The third-order valence-electron chi connectivity index (χ3n) is 4.55. The summed E-state index contributed by atoms with van der Waals surface area (Å²) in [5.74, 6) is 1.81. The molecule has 2 fully saturated rings. The molecule has 0 saturated carbocycles. The minimum atomic E-state index is 0.271. The second-order valence-corrected chi connectivity index (χ2v) is 5.17. The van der Waals surface area contributed by atoms with Crippen LogP contribution in [0.3, 0.4) is 0 Å². The van der Waals surface area contributed by atoms with E-state index in [1.807, 2.05) is 6.07 Å². The number of fused-ring (bicyclic) bond motifs is 2. The van der Waals surface area contributed by atoms with Crippen LogP contribution in [0.4, 0.5) is 0 Å². The Morgan fingerprint density at radius 1 is 1.50 bits per heavy atom. The van der Waals surface area contributed by atoms with Crippen molar-refractivity contribution in [1.82, 2.24) is 4.90 Å². The van der Waals surface area contributed by atoms with Crippen LogP contribution in [-0.4, -0.2) is 35.7 Å². The van der Waals surface area contributed by atoms with Gasteiger partial charge in [-0.05, 0) is 38.4 Å². The van der Waals surface area contributed by atoms with E-state index in [9.17, 15) is 5.11 Å². The molecule has 0 aromatic carbocycles. The fraction of sp³-hybridized carbons (Fsp3) is 0.692. The highest BCUT2D eigenvalue weighted by Crippen LogP contribution is 2.45. The van der Waals surface area contributed by atoms with Crippen molar-refractivity contribution in [2.45, 2.75) is 37.3 Å². The van der Waals surface area contributed by atoms with Crippen LogP contribution in [0, 0.1) is 5.92 Å². The van der Waals surface area contributed by atoms with Gasteiger partial charge in [-0.1, -0.05) is 0 Å². The molecule has 2 bridgehead atoms. The summed E-state index contributed by atoms with van der Waals surface area (Å²) in [6.07, 6.45) is 5.37. The highest BCUT2D eigenvalue weighted by molar-refractivity contribution is 5.13. The number of aliphatic hydroxyl groups excluding tert-OH is 1. The monoisotopic (exact) mass is 221 g/mol. The summed E-state index contributed by atoms with van der Waals surface area (Å²) in [5, 5.41) is 9.63. The van der Waals surface area contributed by atoms with Gasteiger partial charge < -0.3 is 14.4 Å². The van der Waals surface area contributed by atoms with Crippen LogP contribution >= 0.6 is 0 Å². The fourth-order valence-corrected chi connectivity index (χ4v) is 3.66. The van der Waals surface area contributed by atoms with Crippen LogP contribution in [0.2, 0.25) is 0 Å². The lowest BCUT2D eigenvalue weighted by Crippen LogP contribution is -2.46. The lowest BCUT2D eigenvalue weighted by molar-refractivity contribution is 0.0525. The topological polar surface area (TPSA) is 36.6 Å². The summed E-state index contributed by atoms with van der Waals surface area (Å²) >= 11 is 0. The Hall–Kier alpha value is -0.800. The van der Waals surface area contributed by atoms with Crippen molar-refractivity contribution >= 4 is 0 Å². The van der Waals surface area contributed by atoms with Gasteiger partial charge in [-0.15, -0.1) is 0 Å². The lowest BCUT2D eigenvalue weighted by atomic mass is 9.79. The molecule has 4 atom stereocenters. The van der Waals surface area contributed by atoms with E-state index in [0.29, 0.717) is 23.9 Å². The van der Waals surface area contributed by atoms with Gasteiger partial charge in [-0.2, -0.15) is 0 Å². The molecule has 3 heterocycles. The highest BCUT2D eigenvalue weighted by atomic mass is 16.3. The van der Waals surface area contributed by atoms with Crippen molar-refractivity contribution in [3.8, 4) is 0 Å². The van der Waals surface area contributed by atoms with E-state index in [0.717, 1.165) is 12.2 Å². The maximum Gasteiger partial charge on any atom is 0.107 e. The van der Waals surface area contributed by atoms with Crippen LogP contribution in [0.1, 0.15) is 30.9 Å². The zero-order valence-corrected chi connectivity index (χ0v) is 9.67. The molecule has 1 aromatic heterocycles. The highest BCUT2D eigenvalue weighted by Gasteiger charge is 2.46. The fourth-order valence-electron chi connectivity index (χ4n) is 3.66. The first-order chi connectivity index (χ1) is 7.81. The second kappa shape index (κ2) is 3.90. The van der Waals surface area contributed by atoms with Crippen molar-refractivity contribution in [1.29, 1.82) is 0 Å². The number of rotatable bonds is 2. The SMILES string of the molecule is CN1C2CCC1[C@H](CO)[C@@H](c1ccco1)C2. The van der Waals surface area contributed by atoms with E-state index in [4.69, 9.17) is 4.42 Å². The molecule has 16 heavy (non-hydrogen) atoms. The summed E-state index contributed by atoms with van der Waals surface area (Å²) in [5.41, 5.74) is 0. The third kappa shape index (κ3) is 1.42. The Bertz CT molecular complexity index is 349. The third-order valence-corrected chi connectivity index (χ3v) is 4.55. The molecule has 0 radical (unpaired) electrons. The molecule has 0 amide bonds. The number of furan rings is 1. The smallest absolute Gasteiger partial charge is 0.107 e. The van der Waals surface area contributed by atoms with E-state index >= 15 is 0 Å². The molecule has 88 valence electrons. The summed E-state index contributed by atoms with van der Waals surface area (Å²) in [6.45, 7) is 0.271. The molecule has 1 aromatic rings. The quantitative estimate of drug-likeness (QED) is 0.828. The number of hydrogen-bond acceptors (Lipinski definition) is 3. The van der Waals surface area contributed by atoms with Gasteiger partial charge in [0.05, 0.1) is 6.26 Å². The maximum atomic E-state index is 9.63. The molecule has 0 spiro atoms. The number of hydrogen-bond donors (Lipinski definition) is 1. The van der Waals surface area contributed by atoms with Crippen LogP contribution in [-0.2, 0) is 0 Å². The van der Waals surface area contributed by atoms with Crippen molar-refractivity contribution < 1.29 is 9.52 Å². The number of piperidine rings is 1. The van der Waals surface area contributed by atoms with Gasteiger partial charge in [0.25, 0.3) is 0 Å². The minimum Gasteiger partial charge on any atom is -0.469 e. The van der Waals surface area contributed by atoms with Gasteiger partial charge >= 0.3 is 0 Å². The van der Waals surface area contributed by atoms with Gasteiger partial charge in [0.15, 0.2) is 0 Å². The van der Waals surface area contributed by atoms with Crippen LogP contribution in [0.5, 0.6) is 0 Å². The largest absolute Gasteiger partial charge is 0.469 e. The van der Waals surface area contributed by atoms with Crippen molar-refractivity contribution in [3.05, 3.63) is 24.2 Å². The molecule has 3 heteroatoms. The Kier molecular flexibility index (Phi) is 2.52. The Morgan fingerprint density at radius 3 is 3.06 bits per heavy atom. The standard InChI is InChI=1S/C13H19NO2/c1-14-9-4-5-12(14)11(8-15)10(7-9)13-3-2-6-16-13/h2-3,6,9-12,15H,4-5,7-8H2,1H3/t9?,10-,11+,12?/m0/s1. The molecule has 2 saturated heterocycles. The normalized spacial score (nSPS) is 39.1. The Morgan fingerprint density at radius 2 is 2.38 bits per heavy atom. The van der Waals surface area contributed by atoms with Crippen molar-refractivity contribution in [2.75, 3.05) is 13.7 Å². The summed E-state index contributed by atoms with van der Waals surface area (Å²) < 4.78 is 5.54. The maximum absolute atomic E-state index is 9.63. The predicted molar refractivity (Wildman–Crippen MR) is 61.2 cm³/mol. The predicted octanol–water partition coefficient (Wildman–Crippen LogP) is 1.84. The first-order valence-electron chi connectivity index (χ1n) is 6.17. The van der Waals surface area contributed by atoms with E-state index < -0.39 is 0 Å². The van der Waals surface area contributed by atoms with Crippen molar-refractivity contribution in [2.24, 2.45) is 5.92 Å². The molecule has 3 rings (SSSR count). The van der Waals surface area contributed by atoms with Gasteiger partial charge in [0, 0.05) is 30.5 Å². The second-order valence-electron chi connectivity index (χ2n) is 5.17. The molecular formula is C13H19NO2. The van der Waals surface area contributed by atoms with E-state index in [1.165, 1.54) is 12.8 Å². The van der Waals surface area contributed by atoms with Crippen LogP contribution in [0.15, 0.2) is 22.8 Å². The van der Waals surface area contributed by atoms with Crippen LogP contribution in [0.25, 0.3) is 0 Å². The van der Waals surface area contributed by atoms with Gasteiger partial charge in [-0.25, -0.2) is 0 Å². The lowest BCUT2D eigenvalue weighted by Gasteiger charge is -2.41. The van der Waals surface area contributed by atoms with Crippen molar-refractivity contribution in [3.63, 3.8) is 0 Å². The average molecular weight is 221 g/mol. The zero-order valence-electron chi connectivity index (χ0n) is 9.67. The summed E-state index contributed by atoms with van der Waals surface area (Å²) in [7, 11) is 2.20. The summed E-state index contributed by atoms with van der Waals surface area (Å²) in [6, 6.07) is 5.23. The average Bonchev–Trinajstić information content (AvgIpc) is 2.87. The van der Waals surface area contributed by atoms with Gasteiger partial charge in [0.2, 0.25) is 0 Å². The molecule has 2 aliphatic heterocycles. The molecule has 2 aliphatic rings. The van der Waals surface area contributed by atoms with E-state index in [1.54, 1.807) is 6.26 Å². The van der Waals surface area contributed by atoms with Gasteiger partial charge in [-0.3, -0.25) is 0 Å². The Labute approximate surface area is 96.1 Å². The summed E-state index contributed by atoms with van der Waals surface area (Å²) in [4.78, 5) is 2.46. The molecular weight excluding hydrogens is 202 g/mol. The number of nitrogens with zero attached hydrogens (tertiary/aromatic N) is 1. The number of aliphatic hydroxyl groups is 1. The van der Waals surface area contributed by atoms with Gasteiger partial charge in [0.1, 0.15) is 5.76 Å². The minimum absolute atomic E-state index is 0.271. The first-order valence-corrected chi connectivity index (χ1v) is 6.17. The first kappa shape index (κ1) is 10.4. The molecule has 1 N–H and O–H groups in total. The van der Waals surface area contributed by atoms with E-state index in [-0.39, 0.29) is 6.61 Å². The van der Waals surface area contributed by atoms with Crippen LogP contribution < -0.4 is 0 Å². The Balaban J connectivity index is 1.90. The molecule has 2 unspecified atom stereocenters. The zero-order chi connectivity index (χ0) is 11.1. The van der Waals surface area contributed by atoms with E-state index in [2.05, 4.69) is 18.0 Å². The molecule has 3 nitrogen and oxygen atoms in total.